The van der Waals surface area contributed by atoms with Gasteiger partial charge in [0.2, 0.25) is 0 Å². The summed E-state index contributed by atoms with van der Waals surface area (Å²) < 4.78 is 9.36. The Kier molecular flexibility index (Phi) is 6.21. The molecule has 0 saturated carbocycles. The normalized spacial score (nSPS) is 8.12. The van der Waals surface area contributed by atoms with Crippen LogP contribution in [0.5, 0.6) is 0 Å². The van der Waals surface area contributed by atoms with Crippen molar-refractivity contribution in [2.45, 2.75) is 13.3 Å². The number of hydrogen-bond acceptors (Lipinski definition) is 2. The zero-order chi connectivity index (χ0) is 6.24. The first kappa shape index (κ1) is 7.56. The Bertz CT molecular complexity index is 56.4. The second-order valence-corrected chi connectivity index (χ2v) is 1.27. The molecule has 0 amide bonds. The molecular weight excluding hydrogens is 103 g/mol. The van der Waals surface area contributed by atoms with Gasteiger partial charge >= 0.3 is 7.69 Å². The summed E-state index contributed by atoms with van der Waals surface area (Å²) in [6.07, 6.45) is 2.31. The first-order valence-corrected chi connectivity index (χ1v) is 2.61. The van der Waals surface area contributed by atoms with Gasteiger partial charge in [-0.05, 0) is 6.42 Å². The van der Waals surface area contributed by atoms with Crippen molar-refractivity contribution >= 4 is 7.69 Å². The van der Waals surface area contributed by atoms with Gasteiger partial charge in [-0.2, -0.15) is 0 Å². The average molecular weight is 113 g/mol. The molecule has 0 bridgehead atoms. The lowest BCUT2D eigenvalue weighted by molar-refractivity contribution is 0.273. The van der Waals surface area contributed by atoms with Gasteiger partial charge in [0.1, 0.15) is 0 Å². The summed E-state index contributed by atoms with van der Waals surface area (Å²) >= 11 is 0. The van der Waals surface area contributed by atoms with E-state index in [1.807, 2.05) is 6.92 Å². The highest BCUT2D eigenvalue weighted by molar-refractivity contribution is 6.18. The summed E-state index contributed by atoms with van der Waals surface area (Å²) in [5, 5.41) is 0. The molecule has 0 N–H and O–H groups in total. The topological polar surface area (TPSA) is 18.5 Å². The average Bonchev–Trinajstić information content (AvgIpc) is 1.81. The summed E-state index contributed by atoms with van der Waals surface area (Å²) in [5.74, 6) is 0. The molecule has 0 aliphatic rings. The molecule has 0 aromatic carbocycles. The fourth-order valence-corrected chi connectivity index (χ4v) is 0.245. The minimum absolute atomic E-state index is 0.702. The molecule has 2 nitrogen and oxygen atoms in total. The van der Waals surface area contributed by atoms with Crippen LogP contribution >= 0.6 is 0 Å². The van der Waals surface area contributed by atoms with Gasteiger partial charge < -0.3 is 9.31 Å². The van der Waals surface area contributed by atoms with Crippen LogP contribution in [0.4, 0.5) is 0 Å². The third-order valence-corrected chi connectivity index (χ3v) is 0.542. The second kappa shape index (κ2) is 6.56. The summed E-state index contributed by atoms with van der Waals surface area (Å²) in [6.45, 7) is 6.06. The minimum atomic E-state index is 0.702. The lowest BCUT2D eigenvalue weighted by Gasteiger charge is -1.95. The highest BCUT2D eigenvalue weighted by atomic mass is 16.6. The van der Waals surface area contributed by atoms with E-state index in [-0.39, 0.29) is 0 Å². The van der Waals surface area contributed by atoms with Crippen LogP contribution in [0.1, 0.15) is 13.3 Å². The van der Waals surface area contributed by atoms with Crippen molar-refractivity contribution < 1.29 is 9.31 Å². The van der Waals surface area contributed by atoms with Crippen molar-refractivity contribution in [1.82, 2.24) is 0 Å². The maximum Gasteiger partial charge on any atom is 0.571 e. The SMILES string of the molecule is C=CO[B]OCCC. The van der Waals surface area contributed by atoms with E-state index < -0.39 is 0 Å². The third-order valence-electron chi connectivity index (χ3n) is 0.542. The van der Waals surface area contributed by atoms with Gasteiger partial charge in [-0.15, -0.1) is 0 Å². The maximum absolute atomic E-state index is 4.80. The molecule has 0 atom stereocenters. The van der Waals surface area contributed by atoms with E-state index in [0.29, 0.717) is 6.61 Å². The van der Waals surface area contributed by atoms with Crippen molar-refractivity contribution in [2.24, 2.45) is 0 Å². The van der Waals surface area contributed by atoms with Gasteiger partial charge in [-0.3, -0.25) is 0 Å². The molecule has 0 fully saturated rings. The lowest BCUT2D eigenvalue weighted by atomic mass is 10.4. The maximum atomic E-state index is 4.80. The first-order chi connectivity index (χ1) is 3.91. The Morgan fingerprint density at radius 2 is 2.50 bits per heavy atom. The zero-order valence-corrected chi connectivity index (χ0v) is 5.09. The standard InChI is InChI=1S/C5H10BO2/c1-3-5-8-6-7-4-2/h4H,2-3,5H2,1H3. The fourth-order valence-electron chi connectivity index (χ4n) is 0.245. The van der Waals surface area contributed by atoms with Gasteiger partial charge in [0.25, 0.3) is 0 Å². The van der Waals surface area contributed by atoms with Crippen molar-refractivity contribution in [3.63, 3.8) is 0 Å². The van der Waals surface area contributed by atoms with E-state index >= 15 is 0 Å². The minimum Gasteiger partial charge on any atom is -0.544 e. The summed E-state index contributed by atoms with van der Waals surface area (Å²) in [5.41, 5.74) is 0. The molecule has 8 heavy (non-hydrogen) atoms. The summed E-state index contributed by atoms with van der Waals surface area (Å²) in [7, 11) is 1.27. The van der Waals surface area contributed by atoms with Gasteiger partial charge in [-0.25, -0.2) is 0 Å². The van der Waals surface area contributed by atoms with E-state index in [1.54, 1.807) is 0 Å². The van der Waals surface area contributed by atoms with Crippen molar-refractivity contribution in [3.05, 3.63) is 12.8 Å². The fraction of sp³-hybridized carbons (Fsp3) is 0.600. The summed E-state index contributed by atoms with van der Waals surface area (Å²) in [6, 6.07) is 0. The molecule has 1 radical (unpaired) electrons. The smallest absolute Gasteiger partial charge is 0.544 e. The molecular formula is C5H10BO2. The molecule has 0 heterocycles. The molecule has 0 spiro atoms. The predicted octanol–water partition coefficient (Wildman–Crippen LogP) is 1.11. The molecule has 45 valence electrons. The van der Waals surface area contributed by atoms with E-state index in [2.05, 4.69) is 11.2 Å². The largest absolute Gasteiger partial charge is 0.571 e. The number of hydrogen-bond donors (Lipinski definition) is 0. The molecule has 0 aliphatic carbocycles. The lowest BCUT2D eigenvalue weighted by Crippen LogP contribution is -2.00. The van der Waals surface area contributed by atoms with E-state index in [1.165, 1.54) is 13.9 Å². The van der Waals surface area contributed by atoms with Crippen LogP contribution in [0.2, 0.25) is 0 Å². The Hall–Kier alpha value is -0.435. The van der Waals surface area contributed by atoms with Crippen LogP contribution in [0.25, 0.3) is 0 Å². The zero-order valence-electron chi connectivity index (χ0n) is 5.09. The van der Waals surface area contributed by atoms with Crippen LogP contribution < -0.4 is 0 Å². The molecule has 0 unspecified atom stereocenters. The van der Waals surface area contributed by atoms with Crippen LogP contribution in [-0.4, -0.2) is 14.3 Å². The molecule has 0 aliphatic heterocycles. The van der Waals surface area contributed by atoms with Crippen LogP contribution in [0.3, 0.4) is 0 Å². The van der Waals surface area contributed by atoms with Crippen molar-refractivity contribution in [2.75, 3.05) is 6.61 Å². The second-order valence-electron chi connectivity index (χ2n) is 1.27. The van der Waals surface area contributed by atoms with E-state index in [9.17, 15) is 0 Å². The van der Waals surface area contributed by atoms with Gasteiger partial charge in [0.15, 0.2) is 0 Å². The van der Waals surface area contributed by atoms with E-state index in [0.717, 1.165) is 6.42 Å². The molecule has 0 rings (SSSR count). The van der Waals surface area contributed by atoms with Gasteiger partial charge in [0.05, 0.1) is 6.26 Å². The Labute approximate surface area is 50.8 Å². The van der Waals surface area contributed by atoms with Crippen LogP contribution in [-0.2, 0) is 9.31 Å². The quantitative estimate of drug-likeness (QED) is 0.302. The van der Waals surface area contributed by atoms with Crippen molar-refractivity contribution in [3.8, 4) is 0 Å². The van der Waals surface area contributed by atoms with Crippen LogP contribution in [0.15, 0.2) is 12.8 Å². The first-order valence-electron chi connectivity index (χ1n) is 2.61. The summed E-state index contributed by atoms with van der Waals surface area (Å²) in [4.78, 5) is 0. The molecule has 0 saturated heterocycles. The molecule has 0 aromatic heterocycles. The Morgan fingerprint density at radius 3 is 3.00 bits per heavy atom. The van der Waals surface area contributed by atoms with Gasteiger partial charge in [-0.1, -0.05) is 13.5 Å². The molecule has 3 heteroatoms. The highest BCUT2D eigenvalue weighted by Gasteiger charge is 1.87. The Balaban J connectivity index is 2.62. The highest BCUT2D eigenvalue weighted by Crippen LogP contribution is 1.77. The van der Waals surface area contributed by atoms with Gasteiger partial charge in [0, 0.05) is 6.61 Å². The Morgan fingerprint density at radius 1 is 1.75 bits per heavy atom. The van der Waals surface area contributed by atoms with Crippen LogP contribution in [0, 0.1) is 0 Å². The third kappa shape index (κ3) is 5.56. The van der Waals surface area contributed by atoms with E-state index in [4.69, 9.17) is 4.65 Å². The van der Waals surface area contributed by atoms with Crippen molar-refractivity contribution in [1.29, 1.82) is 0 Å². The molecule has 0 aromatic rings. The monoisotopic (exact) mass is 113 g/mol. The number of rotatable bonds is 5. The predicted molar refractivity (Wildman–Crippen MR) is 33.3 cm³/mol.